The second-order valence-corrected chi connectivity index (χ2v) is 7.11. The van der Waals surface area contributed by atoms with Crippen molar-refractivity contribution >= 4 is 27.5 Å². The second-order valence-electron chi connectivity index (χ2n) is 6.20. The van der Waals surface area contributed by atoms with Crippen molar-refractivity contribution in [3.8, 4) is 11.5 Å². The van der Waals surface area contributed by atoms with Gasteiger partial charge in [0.15, 0.2) is 5.76 Å². The van der Waals surface area contributed by atoms with Crippen molar-refractivity contribution in [1.29, 1.82) is 0 Å². The molecule has 0 spiro atoms. The number of carbonyl (C=O) groups excluding carboxylic acids is 1. The molecule has 0 aliphatic carbocycles. The molecular formula is C20H19BrN2O3. The van der Waals surface area contributed by atoms with Crippen molar-refractivity contribution in [1.82, 2.24) is 5.16 Å². The molecule has 0 saturated carbocycles. The Morgan fingerprint density at radius 2 is 1.65 bits per heavy atom. The Bertz CT molecular complexity index is 900. The Balaban J connectivity index is 1.70. The maximum absolute atomic E-state index is 12.6. The summed E-state index contributed by atoms with van der Waals surface area (Å²) >= 11 is 3.39. The molecule has 0 saturated heterocycles. The van der Waals surface area contributed by atoms with E-state index in [-0.39, 0.29) is 11.8 Å². The van der Waals surface area contributed by atoms with Gasteiger partial charge in [-0.2, -0.15) is 0 Å². The van der Waals surface area contributed by atoms with Gasteiger partial charge in [-0.15, -0.1) is 0 Å². The van der Waals surface area contributed by atoms with Crippen LogP contribution in [0, 0.1) is 6.92 Å². The molecule has 26 heavy (non-hydrogen) atoms. The molecule has 0 atom stereocenters. The lowest BCUT2D eigenvalue weighted by molar-refractivity contribution is 0.102. The first-order valence-electron chi connectivity index (χ1n) is 8.25. The summed E-state index contributed by atoms with van der Waals surface area (Å²) in [4.78, 5) is 12.6. The SMILES string of the molecule is Cc1noc(C(C)C)c1C(=O)Nc1ccc(Oc2ccc(Br)cc2)cc1. The summed E-state index contributed by atoms with van der Waals surface area (Å²) in [7, 11) is 0. The van der Waals surface area contributed by atoms with Gasteiger partial charge in [0, 0.05) is 16.1 Å². The minimum Gasteiger partial charge on any atom is -0.457 e. The molecule has 134 valence electrons. The predicted molar refractivity (Wildman–Crippen MR) is 104 cm³/mol. The van der Waals surface area contributed by atoms with Gasteiger partial charge < -0.3 is 14.6 Å². The number of ether oxygens (including phenoxy) is 1. The smallest absolute Gasteiger partial charge is 0.261 e. The molecule has 5 nitrogen and oxygen atoms in total. The lowest BCUT2D eigenvalue weighted by atomic mass is 10.0. The van der Waals surface area contributed by atoms with Gasteiger partial charge in [0.1, 0.15) is 17.1 Å². The molecule has 1 N–H and O–H groups in total. The molecule has 1 amide bonds. The summed E-state index contributed by atoms with van der Waals surface area (Å²) in [6, 6.07) is 14.8. The number of rotatable bonds is 5. The number of nitrogens with one attached hydrogen (secondary N) is 1. The quantitative estimate of drug-likeness (QED) is 0.562. The third kappa shape index (κ3) is 4.14. The molecule has 0 aliphatic rings. The monoisotopic (exact) mass is 414 g/mol. The lowest BCUT2D eigenvalue weighted by Gasteiger charge is -2.09. The van der Waals surface area contributed by atoms with Crippen LogP contribution in [0.4, 0.5) is 5.69 Å². The molecular weight excluding hydrogens is 396 g/mol. The number of anilines is 1. The van der Waals surface area contributed by atoms with Gasteiger partial charge in [-0.05, 0) is 55.5 Å². The van der Waals surface area contributed by atoms with Crippen LogP contribution in [0.15, 0.2) is 57.5 Å². The van der Waals surface area contributed by atoms with E-state index in [0.29, 0.717) is 28.5 Å². The number of amides is 1. The Kier molecular flexibility index (Phi) is 5.42. The standard InChI is InChI=1S/C20H19BrN2O3/c1-12(2)19-18(13(3)23-26-19)20(24)22-15-6-10-17(11-7-15)25-16-8-4-14(21)5-9-16/h4-12H,1-3H3,(H,22,24). The van der Waals surface area contributed by atoms with Crippen molar-refractivity contribution in [2.45, 2.75) is 26.7 Å². The average molecular weight is 415 g/mol. The van der Waals surface area contributed by atoms with Crippen LogP contribution in [0.1, 0.15) is 41.6 Å². The number of nitrogens with zero attached hydrogens (tertiary/aromatic N) is 1. The number of hydrogen-bond donors (Lipinski definition) is 1. The fraction of sp³-hybridized carbons (Fsp3) is 0.200. The number of halogens is 1. The van der Waals surface area contributed by atoms with E-state index in [1.807, 2.05) is 50.2 Å². The molecule has 0 radical (unpaired) electrons. The summed E-state index contributed by atoms with van der Waals surface area (Å²) in [5.41, 5.74) is 1.75. The molecule has 0 fully saturated rings. The van der Waals surface area contributed by atoms with Crippen LogP contribution >= 0.6 is 15.9 Å². The fourth-order valence-electron chi connectivity index (χ4n) is 2.50. The van der Waals surface area contributed by atoms with Gasteiger partial charge in [0.2, 0.25) is 0 Å². The van der Waals surface area contributed by atoms with Gasteiger partial charge in [0.05, 0.1) is 5.69 Å². The number of hydrogen-bond acceptors (Lipinski definition) is 4. The van der Waals surface area contributed by atoms with Crippen LogP contribution in [0.2, 0.25) is 0 Å². The first-order chi connectivity index (χ1) is 12.4. The zero-order valence-corrected chi connectivity index (χ0v) is 16.3. The van der Waals surface area contributed by atoms with E-state index >= 15 is 0 Å². The van der Waals surface area contributed by atoms with Gasteiger partial charge in [-0.3, -0.25) is 4.79 Å². The molecule has 3 rings (SSSR count). The normalized spacial score (nSPS) is 10.8. The van der Waals surface area contributed by atoms with Gasteiger partial charge >= 0.3 is 0 Å². The summed E-state index contributed by atoms with van der Waals surface area (Å²) < 4.78 is 12.0. The van der Waals surface area contributed by atoms with Crippen LogP contribution < -0.4 is 10.1 Å². The second kappa shape index (κ2) is 7.74. The van der Waals surface area contributed by atoms with Crippen molar-refractivity contribution in [3.05, 3.63) is 70.0 Å². The summed E-state index contributed by atoms with van der Waals surface area (Å²) in [6.45, 7) is 5.69. The highest BCUT2D eigenvalue weighted by Gasteiger charge is 2.22. The summed E-state index contributed by atoms with van der Waals surface area (Å²) in [6.07, 6.45) is 0. The molecule has 1 heterocycles. The molecule has 0 aliphatic heterocycles. The van der Waals surface area contributed by atoms with E-state index in [1.54, 1.807) is 19.1 Å². The van der Waals surface area contributed by atoms with Crippen molar-refractivity contribution in [2.24, 2.45) is 0 Å². The zero-order chi connectivity index (χ0) is 18.7. The minimum atomic E-state index is -0.228. The van der Waals surface area contributed by atoms with Crippen LogP contribution in [0.3, 0.4) is 0 Å². The fourth-order valence-corrected chi connectivity index (χ4v) is 2.76. The molecule has 0 bridgehead atoms. The topological polar surface area (TPSA) is 64.4 Å². The van der Waals surface area contributed by atoms with E-state index in [4.69, 9.17) is 9.26 Å². The van der Waals surface area contributed by atoms with E-state index in [9.17, 15) is 4.79 Å². The Hall–Kier alpha value is -2.60. The number of carbonyl (C=O) groups is 1. The Morgan fingerprint density at radius 3 is 2.23 bits per heavy atom. The average Bonchev–Trinajstić information content (AvgIpc) is 3.00. The first-order valence-corrected chi connectivity index (χ1v) is 9.04. The highest BCUT2D eigenvalue weighted by molar-refractivity contribution is 9.10. The molecule has 6 heteroatoms. The molecule has 3 aromatic rings. The highest BCUT2D eigenvalue weighted by Crippen LogP contribution is 2.26. The van der Waals surface area contributed by atoms with Crippen molar-refractivity contribution < 1.29 is 14.1 Å². The number of benzene rings is 2. The van der Waals surface area contributed by atoms with Gasteiger partial charge in [-0.1, -0.05) is 34.9 Å². The minimum absolute atomic E-state index is 0.0821. The Morgan fingerprint density at radius 1 is 1.08 bits per heavy atom. The zero-order valence-electron chi connectivity index (χ0n) is 14.7. The lowest BCUT2D eigenvalue weighted by Crippen LogP contribution is -2.14. The van der Waals surface area contributed by atoms with Gasteiger partial charge in [0.25, 0.3) is 5.91 Å². The predicted octanol–water partition coefficient (Wildman–Crippen LogP) is 5.91. The third-order valence-corrected chi connectivity index (χ3v) is 4.33. The largest absolute Gasteiger partial charge is 0.457 e. The number of aryl methyl sites for hydroxylation is 1. The summed E-state index contributed by atoms with van der Waals surface area (Å²) in [5, 5.41) is 6.79. The summed E-state index contributed by atoms with van der Waals surface area (Å²) in [5.74, 6) is 1.88. The van der Waals surface area contributed by atoms with Crippen LogP contribution in [0.25, 0.3) is 0 Å². The highest BCUT2D eigenvalue weighted by atomic mass is 79.9. The van der Waals surface area contributed by atoms with E-state index < -0.39 is 0 Å². The van der Waals surface area contributed by atoms with Crippen LogP contribution in [0.5, 0.6) is 11.5 Å². The molecule has 0 unspecified atom stereocenters. The van der Waals surface area contributed by atoms with Crippen LogP contribution in [-0.2, 0) is 0 Å². The Labute approximate surface area is 160 Å². The maximum Gasteiger partial charge on any atom is 0.261 e. The van der Waals surface area contributed by atoms with E-state index in [1.165, 1.54) is 0 Å². The van der Waals surface area contributed by atoms with E-state index in [2.05, 4.69) is 26.4 Å². The number of aromatic nitrogens is 1. The van der Waals surface area contributed by atoms with Crippen LogP contribution in [-0.4, -0.2) is 11.1 Å². The first kappa shape index (κ1) is 18.2. The van der Waals surface area contributed by atoms with Gasteiger partial charge in [-0.25, -0.2) is 0 Å². The van der Waals surface area contributed by atoms with Crippen molar-refractivity contribution in [2.75, 3.05) is 5.32 Å². The maximum atomic E-state index is 12.6. The van der Waals surface area contributed by atoms with E-state index in [0.717, 1.165) is 10.2 Å². The van der Waals surface area contributed by atoms with Crippen molar-refractivity contribution in [3.63, 3.8) is 0 Å². The third-order valence-electron chi connectivity index (χ3n) is 3.80. The molecule has 2 aromatic carbocycles. The molecule has 1 aromatic heterocycles.